The number of benzene rings is 1. The number of hydrogen-bond acceptors (Lipinski definition) is 8. The fourth-order valence-corrected chi connectivity index (χ4v) is 5.44. The van der Waals surface area contributed by atoms with Crippen molar-refractivity contribution >= 4 is 49.9 Å². The van der Waals surface area contributed by atoms with E-state index in [-0.39, 0.29) is 16.0 Å². The Bertz CT molecular complexity index is 1120. The van der Waals surface area contributed by atoms with Crippen LogP contribution in [0, 0.1) is 6.92 Å². The lowest BCUT2D eigenvalue weighted by atomic mass is 10.1. The van der Waals surface area contributed by atoms with Gasteiger partial charge in [0.2, 0.25) is 0 Å². The number of anilines is 1. The number of rotatable bonds is 11. The van der Waals surface area contributed by atoms with Gasteiger partial charge in [-0.2, -0.15) is 0 Å². The summed E-state index contributed by atoms with van der Waals surface area (Å²) in [6.07, 6.45) is 3.53. The third kappa shape index (κ3) is 8.23. The van der Waals surface area contributed by atoms with Gasteiger partial charge in [0.05, 0.1) is 26.6 Å². The predicted molar refractivity (Wildman–Crippen MR) is 135 cm³/mol. The fraction of sp³-hybridized carbons (Fsp3) is 0.500. The van der Waals surface area contributed by atoms with Crippen LogP contribution in [0.25, 0.3) is 10.4 Å². The lowest BCUT2D eigenvalue weighted by Crippen LogP contribution is -2.36. The van der Waals surface area contributed by atoms with Gasteiger partial charge in [-0.1, -0.05) is 42.3 Å². The first kappa shape index (κ1) is 28.0. The Hall–Kier alpha value is -2.21. The zero-order valence-electron chi connectivity index (χ0n) is 19.7. The van der Waals surface area contributed by atoms with Crippen molar-refractivity contribution in [3.05, 3.63) is 28.9 Å². The molecule has 1 heterocycles. The molecule has 0 aliphatic carbocycles. The average Bonchev–Trinajstić information content (AvgIpc) is 3.10. The number of nitrogens with two attached hydrogens (primary N) is 1. The summed E-state index contributed by atoms with van der Waals surface area (Å²) in [5.41, 5.74) is 7.15. The number of aryl methyl sites for hydroxylation is 1. The van der Waals surface area contributed by atoms with Crippen LogP contribution < -0.4 is 16.4 Å². The number of esters is 1. The highest BCUT2D eigenvalue weighted by atomic mass is 35.5. The van der Waals surface area contributed by atoms with Crippen LogP contribution in [0.1, 0.15) is 45.2 Å². The van der Waals surface area contributed by atoms with Gasteiger partial charge in [0, 0.05) is 12.8 Å². The summed E-state index contributed by atoms with van der Waals surface area (Å²) >= 11 is 7.25. The van der Waals surface area contributed by atoms with Crippen LogP contribution in [0.3, 0.4) is 0 Å². The van der Waals surface area contributed by atoms with Gasteiger partial charge in [-0.05, 0) is 50.8 Å². The van der Waals surface area contributed by atoms with Gasteiger partial charge in [0.25, 0.3) is 0 Å². The Morgan fingerprint density at radius 3 is 2.65 bits per heavy atom. The minimum Gasteiger partial charge on any atom is -0.462 e. The number of hydrogen-bond donors (Lipinski definition) is 3. The molecule has 0 fully saturated rings. The molecule has 9 nitrogen and oxygen atoms in total. The molecule has 0 aliphatic heterocycles. The number of nitrogens with one attached hydrogen (secondary N) is 2. The van der Waals surface area contributed by atoms with Crippen molar-refractivity contribution in [2.45, 2.75) is 63.5 Å². The summed E-state index contributed by atoms with van der Waals surface area (Å²) in [4.78, 5) is 29.3. The summed E-state index contributed by atoms with van der Waals surface area (Å²) in [5.74, 6) is -0.433. The van der Waals surface area contributed by atoms with E-state index in [1.54, 1.807) is 13.0 Å². The molecule has 2 atom stereocenters. The molecule has 188 valence electrons. The van der Waals surface area contributed by atoms with Gasteiger partial charge in [-0.15, -0.1) is 0 Å². The molecule has 0 spiro atoms. The molecule has 0 aliphatic rings. The lowest BCUT2D eigenvalue weighted by Gasteiger charge is -2.16. The van der Waals surface area contributed by atoms with E-state index < -0.39 is 27.9 Å². The molecule has 0 saturated carbocycles. The second-order valence-corrected chi connectivity index (χ2v) is 11.4. The zero-order valence-corrected chi connectivity index (χ0v) is 22.1. The first-order valence-corrected chi connectivity index (χ1v) is 14.0. The second kappa shape index (κ2) is 12.5. The maximum atomic E-state index is 12.2. The number of halogens is 1. The van der Waals surface area contributed by atoms with Crippen molar-refractivity contribution in [2.24, 2.45) is 5.73 Å². The molecule has 0 bridgehead atoms. The van der Waals surface area contributed by atoms with E-state index >= 15 is 0 Å². The minimum absolute atomic E-state index is 0.0358. The average molecular weight is 531 g/mol. The lowest BCUT2D eigenvalue weighted by molar-refractivity contribution is -0.150. The number of nitrogens with zero attached hydrogens (tertiary/aromatic N) is 1. The normalized spacial score (nSPS) is 13.2. The molecule has 2 aromatic rings. The number of urea groups is 1. The van der Waals surface area contributed by atoms with Crippen molar-refractivity contribution < 1.29 is 22.7 Å². The maximum Gasteiger partial charge on any atom is 0.323 e. The number of carbonyl (C=O) groups excluding carboxylic acids is 2. The van der Waals surface area contributed by atoms with E-state index in [2.05, 4.69) is 15.6 Å². The molecule has 2 amide bonds. The highest BCUT2D eigenvalue weighted by molar-refractivity contribution is 7.90. The Balaban J connectivity index is 1.88. The number of sulfone groups is 1. The third-order valence-electron chi connectivity index (χ3n) is 4.90. The van der Waals surface area contributed by atoms with Crippen LogP contribution in [0.15, 0.2) is 23.1 Å². The van der Waals surface area contributed by atoms with Crippen LogP contribution in [0.2, 0.25) is 5.02 Å². The Kier molecular flexibility index (Phi) is 10.3. The zero-order chi connectivity index (χ0) is 25.5. The Labute approximate surface area is 209 Å². The molecule has 0 saturated heterocycles. The predicted octanol–water partition coefficient (Wildman–Crippen LogP) is 4.14. The highest BCUT2D eigenvalue weighted by Crippen LogP contribution is 2.35. The number of carbonyl (C=O) groups is 2. The monoisotopic (exact) mass is 530 g/mol. The van der Waals surface area contributed by atoms with Crippen LogP contribution >= 0.6 is 22.9 Å². The SMILES string of the molecule is CCCC(C)OC(=O)C(N)CCCNC(=O)Nc1nc(C)c(-c2ccc(Cl)c(S(C)(=O)=O)c2)s1. The summed E-state index contributed by atoms with van der Waals surface area (Å²) in [7, 11) is -3.49. The molecule has 4 N–H and O–H groups in total. The third-order valence-corrected chi connectivity index (χ3v) is 7.60. The van der Waals surface area contributed by atoms with Gasteiger partial charge in [0.1, 0.15) is 6.04 Å². The first-order valence-electron chi connectivity index (χ1n) is 10.9. The number of thiazole rings is 1. The number of amides is 2. The quantitative estimate of drug-likeness (QED) is 0.293. The van der Waals surface area contributed by atoms with Gasteiger partial charge in [-0.25, -0.2) is 18.2 Å². The molecule has 1 aromatic heterocycles. The molecular formula is C22H31ClN4O5S2. The summed E-state index contributed by atoms with van der Waals surface area (Å²) in [5, 5.41) is 5.89. The number of ether oxygens (including phenoxy) is 1. The van der Waals surface area contributed by atoms with Crippen molar-refractivity contribution in [1.82, 2.24) is 10.3 Å². The maximum absolute atomic E-state index is 12.2. The van der Waals surface area contributed by atoms with Crippen LogP contribution in [-0.2, 0) is 19.4 Å². The van der Waals surface area contributed by atoms with Crippen molar-refractivity contribution in [1.29, 1.82) is 0 Å². The van der Waals surface area contributed by atoms with Gasteiger partial charge >= 0.3 is 12.0 Å². The van der Waals surface area contributed by atoms with Crippen molar-refractivity contribution in [3.8, 4) is 10.4 Å². The molecule has 1 aromatic carbocycles. The molecule has 2 unspecified atom stereocenters. The standard InChI is InChI=1S/C22H31ClN4O5S2/c1-5-7-13(2)32-20(28)17(24)8-6-11-25-21(29)27-22-26-14(3)19(33-22)15-9-10-16(23)18(12-15)34(4,30)31/h9-10,12-13,17H,5-8,11,24H2,1-4H3,(H2,25,26,27,29). The smallest absolute Gasteiger partial charge is 0.323 e. The van der Waals surface area contributed by atoms with E-state index in [0.717, 1.165) is 24.0 Å². The van der Waals surface area contributed by atoms with Gasteiger partial charge < -0.3 is 15.8 Å². The Morgan fingerprint density at radius 1 is 1.29 bits per heavy atom. The van der Waals surface area contributed by atoms with E-state index in [9.17, 15) is 18.0 Å². The molecule has 34 heavy (non-hydrogen) atoms. The van der Waals surface area contributed by atoms with Crippen LogP contribution in [-0.4, -0.2) is 50.3 Å². The van der Waals surface area contributed by atoms with Gasteiger partial charge in [-0.3, -0.25) is 10.1 Å². The first-order chi connectivity index (χ1) is 15.9. The largest absolute Gasteiger partial charge is 0.462 e. The topological polar surface area (TPSA) is 140 Å². The summed E-state index contributed by atoms with van der Waals surface area (Å²) in [6.45, 7) is 5.94. The fourth-order valence-electron chi connectivity index (χ4n) is 3.18. The molecule has 12 heteroatoms. The molecular weight excluding hydrogens is 500 g/mol. The van der Waals surface area contributed by atoms with E-state index in [1.807, 2.05) is 13.8 Å². The highest BCUT2D eigenvalue weighted by Gasteiger charge is 2.19. The second-order valence-electron chi connectivity index (χ2n) is 8.02. The number of aromatic nitrogens is 1. The van der Waals surface area contributed by atoms with E-state index in [1.165, 1.54) is 23.5 Å². The van der Waals surface area contributed by atoms with Gasteiger partial charge in [0.15, 0.2) is 15.0 Å². The van der Waals surface area contributed by atoms with Crippen molar-refractivity contribution in [2.75, 3.05) is 18.1 Å². The van der Waals surface area contributed by atoms with E-state index in [0.29, 0.717) is 35.8 Å². The minimum atomic E-state index is -3.49. The van der Waals surface area contributed by atoms with E-state index in [4.69, 9.17) is 22.1 Å². The molecule has 2 rings (SSSR count). The van der Waals surface area contributed by atoms with Crippen LogP contribution in [0.5, 0.6) is 0 Å². The van der Waals surface area contributed by atoms with Crippen molar-refractivity contribution in [3.63, 3.8) is 0 Å². The Morgan fingerprint density at radius 2 is 2.00 bits per heavy atom. The van der Waals surface area contributed by atoms with Crippen LogP contribution in [0.4, 0.5) is 9.93 Å². The summed E-state index contributed by atoms with van der Waals surface area (Å²) in [6, 6.07) is 3.56. The summed E-state index contributed by atoms with van der Waals surface area (Å²) < 4.78 is 29.2. The molecule has 0 radical (unpaired) electrons.